The molecule has 2 rings (SSSR count). The number of rotatable bonds is 7. The average Bonchev–Trinajstić information content (AvgIpc) is 2.52. The molecule has 1 atom stereocenters. The van der Waals surface area contributed by atoms with Crippen LogP contribution >= 0.6 is 0 Å². The Morgan fingerprint density at radius 2 is 1.86 bits per heavy atom. The Bertz CT molecular complexity index is 622. The lowest BCUT2D eigenvalue weighted by atomic mass is 10.1. The van der Waals surface area contributed by atoms with Gasteiger partial charge in [0.2, 0.25) is 0 Å². The second-order valence-corrected chi connectivity index (χ2v) is 5.30. The van der Waals surface area contributed by atoms with E-state index in [-0.39, 0.29) is 0 Å². The number of aliphatic carboxylic acids is 1. The van der Waals surface area contributed by atoms with Gasteiger partial charge in [-0.05, 0) is 42.7 Å². The maximum Gasteiger partial charge on any atom is 0.320 e. The molecule has 4 heteroatoms. The summed E-state index contributed by atoms with van der Waals surface area (Å²) >= 11 is 0. The van der Waals surface area contributed by atoms with Crippen LogP contribution in [0.25, 0.3) is 0 Å². The van der Waals surface area contributed by atoms with E-state index < -0.39 is 12.0 Å². The van der Waals surface area contributed by atoms with E-state index in [0.717, 1.165) is 11.3 Å². The summed E-state index contributed by atoms with van der Waals surface area (Å²) in [5.74, 6) is -0.0449. The van der Waals surface area contributed by atoms with Gasteiger partial charge in [-0.3, -0.25) is 4.79 Å². The molecule has 0 heterocycles. The van der Waals surface area contributed by atoms with Crippen LogP contribution in [0, 0.1) is 6.92 Å². The third-order valence-corrected chi connectivity index (χ3v) is 3.56. The fourth-order valence-electron chi connectivity index (χ4n) is 1.99. The van der Waals surface area contributed by atoms with Crippen molar-refractivity contribution in [2.75, 3.05) is 0 Å². The van der Waals surface area contributed by atoms with Gasteiger partial charge in [0.25, 0.3) is 0 Å². The van der Waals surface area contributed by atoms with E-state index in [9.17, 15) is 4.79 Å². The Morgan fingerprint density at radius 1 is 1.18 bits per heavy atom. The number of carboxylic acid groups (broad SMARTS) is 1. The van der Waals surface area contributed by atoms with Crippen molar-refractivity contribution >= 4 is 5.97 Å². The van der Waals surface area contributed by atoms with Crippen LogP contribution in [0.4, 0.5) is 0 Å². The van der Waals surface area contributed by atoms with Gasteiger partial charge in [-0.25, -0.2) is 0 Å². The number of carboxylic acids is 1. The summed E-state index contributed by atoms with van der Waals surface area (Å²) in [5, 5.41) is 11.8. The van der Waals surface area contributed by atoms with Gasteiger partial charge in [0, 0.05) is 6.54 Å². The summed E-state index contributed by atoms with van der Waals surface area (Å²) in [6, 6.07) is 15.3. The molecule has 0 aliphatic carbocycles. The lowest BCUT2D eigenvalue weighted by Gasteiger charge is -2.11. The highest BCUT2D eigenvalue weighted by Crippen LogP contribution is 2.15. The number of hydrogen-bond acceptors (Lipinski definition) is 3. The van der Waals surface area contributed by atoms with Crippen LogP contribution in [0.15, 0.2) is 48.5 Å². The molecule has 0 saturated heterocycles. The van der Waals surface area contributed by atoms with Gasteiger partial charge < -0.3 is 15.2 Å². The lowest BCUT2D eigenvalue weighted by Crippen LogP contribution is -2.33. The molecule has 1 unspecified atom stereocenters. The van der Waals surface area contributed by atoms with Gasteiger partial charge in [-0.15, -0.1) is 0 Å². The van der Waals surface area contributed by atoms with E-state index in [1.807, 2.05) is 36.4 Å². The van der Waals surface area contributed by atoms with Crippen LogP contribution in [0.2, 0.25) is 0 Å². The molecular formula is C18H21NO3. The number of benzene rings is 2. The number of nitrogens with one attached hydrogen (secondary N) is 1. The first kappa shape index (κ1) is 16.0. The molecule has 22 heavy (non-hydrogen) atoms. The van der Waals surface area contributed by atoms with Crippen molar-refractivity contribution in [1.29, 1.82) is 0 Å². The quantitative estimate of drug-likeness (QED) is 0.824. The molecule has 0 radical (unpaired) electrons. The summed E-state index contributed by atoms with van der Waals surface area (Å²) in [4.78, 5) is 10.7. The highest BCUT2D eigenvalue weighted by atomic mass is 16.5. The van der Waals surface area contributed by atoms with Gasteiger partial charge in [0.1, 0.15) is 18.4 Å². The zero-order valence-electron chi connectivity index (χ0n) is 12.9. The molecular weight excluding hydrogens is 278 g/mol. The van der Waals surface area contributed by atoms with Gasteiger partial charge >= 0.3 is 5.97 Å². The first-order valence-corrected chi connectivity index (χ1v) is 7.28. The Balaban J connectivity index is 1.87. The van der Waals surface area contributed by atoms with Crippen LogP contribution in [0.5, 0.6) is 5.75 Å². The fourth-order valence-corrected chi connectivity index (χ4v) is 1.99. The van der Waals surface area contributed by atoms with E-state index >= 15 is 0 Å². The van der Waals surface area contributed by atoms with Gasteiger partial charge in [0.15, 0.2) is 0 Å². The first-order chi connectivity index (χ1) is 10.6. The van der Waals surface area contributed by atoms with Gasteiger partial charge in [0.05, 0.1) is 0 Å². The normalized spacial score (nSPS) is 11.9. The molecule has 0 aliphatic rings. The fraction of sp³-hybridized carbons (Fsp3) is 0.278. The minimum atomic E-state index is -0.849. The number of aryl methyl sites for hydroxylation is 1. The van der Waals surface area contributed by atoms with Crippen LogP contribution in [0.3, 0.4) is 0 Å². The number of carbonyl (C=O) groups is 1. The van der Waals surface area contributed by atoms with Gasteiger partial charge in [-0.2, -0.15) is 0 Å². The predicted molar refractivity (Wildman–Crippen MR) is 85.9 cm³/mol. The van der Waals surface area contributed by atoms with E-state index in [1.165, 1.54) is 11.1 Å². The molecule has 0 fully saturated rings. The van der Waals surface area contributed by atoms with Gasteiger partial charge in [-0.1, -0.05) is 36.4 Å². The molecule has 0 aromatic heterocycles. The highest BCUT2D eigenvalue weighted by molar-refractivity contribution is 5.72. The monoisotopic (exact) mass is 299 g/mol. The summed E-state index contributed by atoms with van der Waals surface area (Å²) in [5.41, 5.74) is 3.41. The Morgan fingerprint density at radius 3 is 2.50 bits per heavy atom. The molecule has 0 aliphatic heterocycles. The van der Waals surface area contributed by atoms with E-state index in [0.29, 0.717) is 13.2 Å². The van der Waals surface area contributed by atoms with Crippen LogP contribution in [0.1, 0.15) is 23.6 Å². The van der Waals surface area contributed by atoms with E-state index in [4.69, 9.17) is 9.84 Å². The molecule has 0 spiro atoms. The summed E-state index contributed by atoms with van der Waals surface area (Å²) in [7, 11) is 0. The summed E-state index contributed by atoms with van der Waals surface area (Å²) in [6.45, 7) is 4.75. The Hall–Kier alpha value is -2.33. The molecule has 0 amide bonds. The van der Waals surface area contributed by atoms with Crippen molar-refractivity contribution in [2.45, 2.75) is 33.0 Å². The first-order valence-electron chi connectivity index (χ1n) is 7.28. The van der Waals surface area contributed by atoms with Crippen molar-refractivity contribution in [3.05, 3.63) is 65.2 Å². The molecule has 2 N–H and O–H groups in total. The van der Waals surface area contributed by atoms with Crippen molar-refractivity contribution in [2.24, 2.45) is 0 Å². The highest BCUT2D eigenvalue weighted by Gasteiger charge is 2.09. The number of ether oxygens (including phenoxy) is 1. The second-order valence-electron chi connectivity index (χ2n) is 5.30. The molecule has 2 aromatic carbocycles. The third-order valence-electron chi connectivity index (χ3n) is 3.56. The lowest BCUT2D eigenvalue weighted by molar-refractivity contribution is -0.139. The standard InChI is InChI=1S/C18H21NO3/c1-13-5-3-4-6-16(13)12-22-17-9-7-15(8-10-17)11-19-14(2)18(20)21/h3-10,14,19H,11-12H2,1-2H3,(H,20,21). The number of hydrogen-bond donors (Lipinski definition) is 2. The Labute approximate surface area is 130 Å². The molecule has 0 bridgehead atoms. The van der Waals surface area contributed by atoms with Crippen LogP contribution in [-0.2, 0) is 17.9 Å². The minimum absolute atomic E-state index is 0.519. The van der Waals surface area contributed by atoms with Crippen molar-refractivity contribution in [1.82, 2.24) is 5.32 Å². The zero-order valence-corrected chi connectivity index (χ0v) is 12.9. The zero-order chi connectivity index (χ0) is 15.9. The van der Waals surface area contributed by atoms with E-state index in [1.54, 1.807) is 6.92 Å². The summed E-state index contributed by atoms with van der Waals surface area (Å²) in [6.07, 6.45) is 0. The van der Waals surface area contributed by atoms with E-state index in [2.05, 4.69) is 24.4 Å². The Kier molecular flexibility index (Phi) is 5.55. The molecule has 116 valence electrons. The molecule has 2 aromatic rings. The van der Waals surface area contributed by atoms with Crippen molar-refractivity contribution < 1.29 is 14.6 Å². The third kappa shape index (κ3) is 4.60. The SMILES string of the molecule is Cc1ccccc1COc1ccc(CNC(C)C(=O)O)cc1. The largest absolute Gasteiger partial charge is 0.489 e. The maximum atomic E-state index is 10.7. The second kappa shape index (κ2) is 7.61. The topological polar surface area (TPSA) is 58.6 Å². The smallest absolute Gasteiger partial charge is 0.320 e. The van der Waals surface area contributed by atoms with Crippen LogP contribution in [-0.4, -0.2) is 17.1 Å². The molecule has 4 nitrogen and oxygen atoms in total. The minimum Gasteiger partial charge on any atom is -0.489 e. The van der Waals surface area contributed by atoms with Crippen molar-refractivity contribution in [3.63, 3.8) is 0 Å². The molecule has 0 saturated carbocycles. The summed E-state index contributed by atoms with van der Waals surface area (Å²) < 4.78 is 5.78. The predicted octanol–water partition coefficient (Wildman–Crippen LogP) is 3.14. The van der Waals surface area contributed by atoms with Crippen LogP contribution < -0.4 is 10.1 Å². The average molecular weight is 299 g/mol. The van der Waals surface area contributed by atoms with Crippen molar-refractivity contribution in [3.8, 4) is 5.75 Å². The maximum absolute atomic E-state index is 10.7.